The number of fused-ring (bicyclic) bond motifs is 1. The van der Waals surface area contributed by atoms with Crippen molar-refractivity contribution in [1.82, 2.24) is 0 Å². The van der Waals surface area contributed by atoms with Crippen LogP contribution >= 0.6 is 0 Å². The molecule has 1 atom stereocenters. The van der Waals surface area contributed by atoms with Gasteiger partial charge in [-0.2, -0.15) is 5.26 Å². The molecule has 1 aliphatic heterocycles. The number of nitriles is 1. The second kappa shape index (κ2) is 6.16. The van der Waals surface area contributed by atoms with Gasteiger partial charge in [-0.15, -0.1) is 0 Å². The van der Waals surface area contributed by atoms with Gasteiger partial charge in [0.25, 0.3) is 0 Å². The number of rotatable bonds is 3. The monoisotopic (exact) mass is 330 g/mol. The summed E-state index contributed by atoms with van der Waals surface area (Å²) < 4.78 is 10.6. The number of methoxy groups -OCH3 is 1. The van der Waals surface area contributed by atoms with E-state index < -0.39 is 23.0 Å². The lowest BCUT2D eigenvalue weighted by atomic mass is 9.77. The Morgan fingerprint density at radius 2 is 2.04 bits per heavy atom. The third kappa shape index (κ3) is 2.82. The first kappa shape index (κ1) is 17.8. The van der Waals surface area contributed by atoms with E-state index in [2.05, 4.69) is 6.07 Å². The summed E-state index contributed by atoms with van der Waals surface area (Å²) in [5, 5.41) is 9.24. The Kier molecular flexibility index (Phi) is 4.57. The molecule has 1 aliphatic rings. The van der Waals surface area contributed by atoms with E-state index in [4.69, 9.17) is 9.47 Å². The van der Waals surface area contributed by atoms with Crippen LogP contribution in [0, 0.1) is 11.3 Å². The lowest BCUT2D eigenvalue weighted by Crippen LogP contribution is -2.45. The first-order valence-electron chi connectivity index (χ1n) is 7.83. The van der Waals surface area contributed by atoms with Gasteiger partial charge in [0.05, 0.1) is 30.7 Å². The predicted octanol–water partition coefficient (Wildman–Crippen LogP) is 3.54. The molecule has 1 aromatic carbocycles. The number of amides is 2. The summed E-state index contributed by atoms with van der Waals surface area (Å²) in [6.45, 7) is 7.05. The molecule has 128 valence electrons. The quantitative estimate of drug-likeness (QED) is 0.847. The fourth-order valence-electron chi connectivity index (χ4n) is 2.92. The molecule has 6 heteroatoms. The van der Waals surface area contributed by atoms with Crippen molar-refractivity contribution in [3.63, 3.8) is 0 Å². The molecule has 0 N–H and O–H groups in total. The van der Waals surface area contributed by atoms with Crippen LogP contribution in [-0.2, 0) is 14.9 Å². The van der Waals surface area contributed by atoms with Crippen LogP contribution < -0.4 is 9.64 Å². The second-order valence-electron chi connectivity index (χ2n) is 6.77. The molecule has 1 aromatic rings. The Balaban J connectivity index is 2.60. The number of hydrogen-bond acceptors (Lipinski definition) is 5. The minimum absolute atomic E-state index is 0.0121. The maximum Gasteiger partial charge on any atom is 0.421 e. The average molecular weight is 330 g/mol. The largest absolute Gasteiger partial charge is 0.497 e. The molecule has 0 aliphatic carbocycles. The summed E-state index contributed by atoms with van der Waals surface area (Å²) in [7, 11) is 1.53. The fourth-order valence-corrected chi connectivity index (χ4v) is 2.92. The van der Waals surface area contributed by atoms with Gasteiger partial charge in [-0.1, -0.05) is 6.92 Å². The zero-order valence-electron chi connectivity index (χ0n) is 14.7. The normalized spacial score (nSPS) is 19.7. The van der Waals surface area contributed by atoms with Crippen molar-refractivity contribution in [3.05, 3.63) is 23.8 Å². The number of anilines is 1. The van der Waals surface area contributed by atoms with Crippen molar-refractivity contribution in [2.24, 2.45) is 0 Å². The van der Waals surface area contributed by atoms with Gasteiger partial charge in [0.15, 0.2) is 0 Å². The van der Waals surface area contributed by atoms with Crippen LogP contribution in [0.2, 0.25) is 0 Å². The minimum Gasteiger partial charge on any atom is -0.497 e. The molecule has 0 saturated heterocycles. The Morgan fingerprint density at radius 3 is 2.54 bits per heavy atom. The Morgan fingerprint density at radius 1 is 1.38 bits per heavy atom. The van der Waals surface area contributed by atoms with Crippen LogP contribution in [0.15, 0.2) is 18.2 Å². The Labute approximate surface area is 142 Å². The van der Waals surface area contributed by atoms with E-state index in [1.807, 2.05) is 6.92 Å². The van der Waals surface area contributed by atoms with Crippen molar-refractivity contribution < 1.29 is 19.1 Å². The van der Waals surface area contributed by atoms with Gasteiger partial charge in [0.2, 0.25) is 5.91 Å². The molecule has 6 nitrogen and oxygen atoms in total. The van der Waals surface area contributed by atoms with Crippen molar-refractivity contribution in [1.29, 1.82) is 5.26 Å². The highest BCUT2D eigenvalue weighted by atomic mass is 16.6. The predicted molar refractivity (Wildman–Crippen MR) is 88.9 cm³/mol. The van der Waals surface area contributed by atoms with Crippen molar-refractivity contribution in [3.8, 4) is 11.8 Å². The van der Waals surface area contributed by atoms with E-state index in [0.717, 1.165) is 4.90 Å². The van der Waals surface area contributed by atoms with Crippen LogP contribution in [0.3, 0.4) is 0 Å². The molecule has 0 saturated carbocycles. The van der Waals surface area contributed by atoms with Gasteiger partial charge in [-0.3, -0.25) is 4.79 Å². The van der Waals surface area contributed by atoms with E-state index in [0.29, 0.717) is 23.4 Å². The Hall–Kier alpha value is -2.55. The number of carbonyl (C=O) groups excluding carboxylic acids is 2. The van der Waals surface area contributed by atoms with Gasteiger partial charge >= 0.3 is 6.09 Å². The number of hydrogen-bond donors (Lipinski definition) is 0. The van der Waals surface area contributed by atoms with Gasteiger partial charge in [0, 0.05) is 0 Å². The molecule has 1 heterocycles. The van der Waals surface area contributed by atoms with Gasteiger partial charge < -0.3 is 9.47 Å². The van der Waals surface area contributed by atoms with E-state index in [1.165, 1.54) is 7.11 Å². The lowest BCUT2D eigenvalue weighted by Gasteiger charge is -2.26. The van der Waals surface area contributed by atoms with Crippen molar-refractivity contribution in [2.75, 3.05) is 12.0 Å². The number of imide groups is 1. The minimum atomic E-state index is -1.06. The average Bonchev–Trinajstić information content (AvgIpc) is 2.74. The summed E-state index contributed by atoms with van der Waals surface area (Å²) in [6, 6.07) is 7.14. The molecule has 1 unspecified atom stereocenters. The molecule has 2 rings (SSSR count). The molecular weight excluding hydrogens is 308 g/mol. The van der Waals surface area contributed by atoms with E-state index in [1.54, 1.807) is 39.0 Å². The third-order valence-electron chi connectivity index (χ3n) is 4.13. The summed E-state index contributed by atoms with van der Waals surface area (Å²) in [5.74, 6) is 0.146. The van der Waals surface area contributed by atoms with Crippen LogP contribution in [0.1, 0.15) is 46.1 Å². The van der Waals surface area contributed by atoms with Crippen LogP contribution in [-0.4, -0.2) is 24.7 Å². The number of carbonyl (C=O) groups is 2. The molecule has 2 amide bonds. The maximum atomic E-state index is 13.1. The zero-order valence-corrected chi connectivity index (χ0v) is 14.7. The fraction of sp³-hybridized carbons (Fsp3) is 0.500. The number of benzene rings is 1. The first-order valence-corrected chi connectivity index (χ1v) is 7.83. The summed E-state index contributed by atoms with van der Waals surface area (Å²) >= 11 is 0. The summed E-state index contributed by atoms with van der Waals surface area (Å²) in [6.07, 6.45) is -0.340. The molecule has 0 aromatic heterocycles. The molecule has 0 spiro atoms. The standard InChI is InChI=1S/C18H22N2O4/c1-6-18(9-10-19)13-11-12(23-5)7-8-14(13)20(15(18)21)16(22)24-17(2,3)4/h7-8,11H,6,9H2,1-5H3. The molecular formula is C18H22N2O4. The van der Waals surface area contributed by atoms with Crippen LogP contribution in [0.4, 0.5) is 10.5 Å². The van der Waals surface area contributed by atoms with Gasteiger partial charge in [0.1, 0.15) is 11.4 Å². The topological polar surface area (TPSA) is 79.6 Å². The van der Waals surface area contributed by atoms with Crippen LogP contribution in [0.25, 0.3) is 0 Å². The third-order valence-corrected chi connectivity index (χ3v) is 4.13. The van der Waals surface area contributed by atoms with E-state index in [9.17, 15) is 14.9 Å². The summed E-state index contributed by atoms with van der Waals surface area (Å²) in [5.41, 5.74) is -0.708. The number of ether oxygens (including phenoxy) is 2. The highest BCUT2D eigenvalue weighted by molar-refractivity contribution is 6.21. The van der Waals surface area contributed by atoms with Gasteiger partial charge in [-0.05, 0) is 51.0 Å². The lowest BCUT2D eigenvalue weighted by molar-refractivity contribution is -0.123. The van der Waals surface area contributed by atoms with Crippen molar-refractivity contribution in [2.45, 2.75) is 51.6 Å². The highest BCUT2D eigenvalue weighted by Gasteiger charge is 2.53. The molecule has 0 fully saturated rings. The number of nitrogens with zero attached hydrogens (tertiary/aromatic N) is 2. The SMILES string of the molecule is CCC1(CC#N)C(=O)N(C(=O)OC(C)(C)C)c2ccc(OC)cc21. The molecule has 0 bridgehead atoms. The van der Waals surface area contributed by atoms with Gasteiger partial charge in [-0.25, -0.2) is 9.69 Å². The summed E-state index contributed by atoms with van der Waals surface area (Å²) in [4.78, 5) is 26.7. The Bertz CT molecular complexity index is 715. The van der Waals surface area contributed by atoms with Crippen LogP contribution in [0.5, 0.6) is 5.75 Å². The first-order chi connectivity index (χ1) is 11.2. The molecule has 0 radical (unpaired) electrons. The smallest absolute Gasteiger partial charge is 0.421 e. The highest BCUT2D eigenvalue weighted by Crippen LogP contribution is 2.47. The van der Waals surface area contributed by atoms with E-state index >= 15 is 0 Å². The van der Waals surface area contributed by atoms with E-state index in [-0.39, 0.29) is 6.42 Å². The van der Waals surface area contributed by atoms with Crippen molar-refractivity contribution >= 4 is 17.7 Å². The molecule has 24 heavy (non-hydrogen) atoms. The second-order valence-corrected chi connectivity index (χ2v) is 6.77. The maximum absolute atomic E-state index is 13.1. The zero-order chi connectivity index (χ0) is 18.1.